The van der Waals surface area contributed by atoms with Gasteiger partial charge in [0.1, 0.15) is 6.04 Å². The number of hydrogen-bond donors (Lipinski definition) is 3. The van der Waals surface area contributed by atoms with Crippen molar-refractivity contribution in [2.75, 3.05) is 52.5 Å². The Morgan fingerprint density at radius 2 is 1.92 bits per heavy atom. The van der Waals surface area contributed by atoms with Gasteiger partial charge in [-0.15, -0.1) is 11.8 Å². The molecule has 8 atom stereocenters. The molecule has 4 rings (SSSR count). The number of aliphatic hydroxyl groups excluding tert-OH is 1. The number of morpholine rings is 1. The fraction of sp³-hybridized carbons (Fsp3) is 0.880. The number of carbonyl (C=O) groups is 3. The van der Waals surface area contributed by atoms with Crippen LogP contribution in [0.1, 0.15) is 40.0 Å². The average molecular weight is 590 g/mol. The second-order valence-corrected chi connectivity index (χ2v) is 13.3. The number of nitrogens with zero attached hydrogens (tertiary/aromatic N) is 2. The van der Waals surface area contributed by atoms with Gasteiger partial charge in [-0.1, -0.05) is 43.1 Å². The maximum atomic E-state index is 14.1. The topological polar surface area (TPSA) is 111 Å². The molecule has 0 aromatic heterocycles. The van der Waals surface area contributed by atoms with Crippen LogP contribution in [0.15, 0.2) is 0 Å². The van der Waals surface area contributed by atoms with Gasteiger partial charge in [0.15, 0.2) is 0 Å². The number of hydrogen-bond acceptors (Lipinski definition) is 7. The van der Waals surface area contributed by atoms with E-state index in [2.05, 4.69) is 31.5 Å². The lowest BCUT2D eigenvalue weighted by atomic mass is 9.70. The molecule has 4 aliphatic heterocycles. The molecule has 3 amide bonds. The Morgan fingerprint density at radius 3 is 2.56 bits per heavy atom. The van der Waals surface area contributed by atoms with E-state index < -0.39 is 28.7 Å². The summed E-state index contributed by atoms with van der Waals surface area (Å²) in [7, 11) is 0. The van der Waals surface area contributed by atoms with E-state index >= 15 is 0 Å². The molecule has 1 spiro atoms. The first-order valence-electron chi connectivity index (χ1n) is 13.4. The Balaban J connectivity index is 1.62. The van der Waals surface area contributed by atoms with Crippen LogP contribution in [0.4, 0.5) is 0 Å². The highest BCUT2D eigenvalue weighted by Gasteiger charge is 2.76. The first-order chi connectivity index (χ1) is 17.3. The molecule has 2 bridgehead atoms. The van der Waals surface area contributed by atoms with Crippen molar-refractivity contribution >= 4 is 45.4 Å². The largest absolute Gasteiger partial charge is 0.394 e. The van der Waals surface area contributed by atoms with Crippen molar-refractivity contribution < 1.29 is 24.2 Å². The summed E-state index contributed by atoms with van der Waals surface area (Å²) < 4.78 is 4.73. The number of likely N-dealkylation sites (tertiary alicyclic amines) is 1. The number of nitrogens with one attached hydrogen (secondary N) is 2. The number of rotatable bonds is 11. The predicted octanol–water partition coefficient (Wildman–Crippen LogP) is 0.833. The van der Waals surface area contributed by atoms with Crippen molar-refractivity contribution in [1.29, 1.82) is 0 Å². The molecule has 3 unspecified atom stereocenters. The van der Waals surface area contributed by atoms with E-state index in [1.165, 1.54) is 0 Å². The van der Waals surface area contributed by atoms with Crippen LogP contribution in [0.5, 0.6) is 0 Å². The summed E-state index contributed by atoms with van der Waals surface area (Å²) in [6.07, 6.45) is 2.24. The maximum absolute atomic E-state index is 14.1. The number of alkyl halides is 1. The lowest BCUT2D eigenvalue weighted by Crippen LogP contribution is -2.58. The Hall–Kier alpha value is -0.880. The number of thioether (sulfide) groups is 1. The van der Waals surface area contributed by atoms with Gasteiger partial charge in [0.25, 0.3) is 0 Å². The Morgan fingerprint density at radius 1 is 1.22 bits per heavy atom. The lowest BCUT2D eigenvalue weighted by Gasteiger charge is -2.39. The Labute approximate surface area is 226 Å². The molecule has 0 saturated carbocycles. The molecular formula is C25H41BrN4O5S. The number of aliphatic hydroxyl groups is 1. The molecule has 0 aromatic carbocycles. The zero-order chi connectivity index (χ0) is 26.0. The molecule has 36 heavy (non-hydrogen) atoms. The number of fused-ring (bicyclic) bond motifs is 1. The smallest absolute Gasteiger partial charge is 0.244 e. The summed E-state index contributed by atoms with van der Waals surface area (Å²) in [5, 5.41) is 16.5. The molecule has 0 aliphatic carbocycles. The second-order valence-electron chi connectivity index (χ2n) is 10.6. The monoisotopic (exact) mass is 588 g/mol. The van der Waals surface area contributed by atoms with Gasteiger partial charge in [0.05, 0.1) is 42.4 Å². The minimum atomic E-state index is -0.718. The van der Waals surface area contributed by atoms with E-state index in [-0.39, 0.29) is 40.3 Å². The summed E-state index contributed by atoms with van der Waals surface area (Å²) in [6, 6.07) is -1.19. The average Bonchev–Trinajstić information content (AvgIpc) is 3.47. The predicted molar refractivity (Wildman–Crippen MR) is 143 cm³/mol. The highest BCUT2D eigenvalue weighted by molar-refractivity contribution is 9.09. The quantitative estimate of drug-likeness (QED) is 0.307. The van der Waals surface area contributed by atoms with Gasteiger partial charge in [-0.05, 0) is 18.8 Å². The van der Waals surface area contributed by atoms with Gasteiger partial charge in [-0.2, -0.15) is 0 Å². The number of carbonyl (C=O) groups excluding carboxylic acids is 3. The van der Waals surface area contributed by atoms with Crippen LogP contribution in [0.2, 0.25) is 0 Å². The molecule has 4 fully saturated rings. The van der Waals surface area contributed by atoms with Crippen molar-refractivity contribution in [2.24, 2.45) is 17.8 Å². The van der Waals surface area contributed by atoms with Crippen LogP contribution in [-0.2, 0) is 19.1 Å². The highest BCUT2D eigenvalue weighted by Crippen LogP contribution is 2.68. The fourth-order valence-electron chi connectivity index (χ4n) is 6.46. The summed E-state index contributed by atoms with van der Waals surface area (Å²) in [5.41, 5.74) is 0. The van der Waals surface area contributed by atoms with Crippen molar-refractivity contribution in [3.63, 3.8) is 0 Å². The Bertz CT molecular complexity index is 830. The van der Waals surface area contributed by atoms with Crippen LogP contribution in [-0.4, -0.2) is 112 Å². The van der Waals surface area contributed by atoms with Crippen molar-refractivity contribution in [3.05, 3.63) is 0 Å². The van der Waals surface area contributed by atoms with E-state index in [4.69, 9.17) is 4.74 Å². The van der Waals surface area contributed by atoms with Gasteiger partial charge in [0, 0.05) is 42.8 Å². The standard InChI is InChI=1S/C25H41BrN4O5S/c1-4-6-27-22(32)18-19-24(34)30(17(14-31)15(3)5-2)21(25(19)13-16(26)20(18)36-25)23(33)28-7-8-29-9-11-35-12-10-29/h15-21,31H,4-14H2,1-3H3,(H,27,32)(H,28,33)/t15-,16?,17-,18+,19-,20+,21?,25?/m0/s1. The van der Waals surface area contributed by atoms with Gasteiger partial charge < -0.3 is 25.4 Å². The Kier molecular flexibility index (Phi) is 9.29. The second kappa shape index (κ2) is 11.9. The van der Waals surface area contributed by atoms with Crippen LogP contribution in [0.3, 0.4) is 0 Å². The van der Waals surface area contributed by atoms with Crippen LogP contribution < -0.4 is 10.6 Å². The molecule has 9 nitrogen and oxygen atoms in total. The third-order valence-corrected chi connectivity index (χ3v) is 11.7. The highest BCUT2D eigenvalue weighted by atomic mass is 79.9. The summed E-state index contributed by atoms with van der Waals surface area (Å²) in [5.74, 6) is -1.47. The first-order valence-corrected chi connectivity index (χ1v) is 15.2. The normalized spacial score (nSPS) is 35.5. The maximum Gasteiger partial charge on any atom is 0.244 e. The minimum Gasteiger partial charge on any atom is -0.394 e. The van der Waals surface area contributed by atoms with E-state index in [1.54, 1.807) is 16.7 Å². The molecule has 3 N–H and O–H groups in total. The van der Waals surface area contributed by atoms with Gasteiger partial charge in [0.2, 0.25) is 17.7 Å². The van der Waals surface area contributed by atoms with Gasteiger partial charge in [-0.25, -0.2) is 0 Å². The SMILES string of the molecule is CCCNC(=O)[C@H]1[C@@H]2SC3(CC2Br)C(C(=O)NCCN2CCOCC2)N([C@@H](CO)[C@@H](C)CC)C(=O)[C@H]13. The van der Waals surface area contributed by atoms with Crippen LogP contribution >= 0.6 is 27.7 Å². The third kappa shape index (κ3) is 4.95. The van der Waals surface area contributed by atoms with Crippen molar-refractivity contribution in [3.8, 4) is 0 Å². The molecule has 204 valence electrons. The molecular weight excluding hydrogens is 548 g/mol. The van der Waals surface area contributed by atoms with Crippen molar-refractivity contribution in [2.45, 2.75) is 66.9 Å². The third-order valence-electron chi connectivity index (χ3n) is 8.50. The van der Waals surface area contributed by atoms with E-state index in [0.717, 1.165) is 32.5 Å². The number of ether oxygens (including phenoxy) is 1. The number of amides is 3. The van der Waals surface area contributed by atoms with Gasteiger partial charge in [-0.3, -0.25) is 19.3 Å². The fourth-order valence-corrected chi connectivity index (χ4v) is 10.1. The number of halogens is 1. The van der Waals surface area contributed by atoms with E-state index in [0.29, 0.717) is 32.7 Å². The van der Waals surface area contributed by atoms with Crippen molar-refractivity contribution in [1.82, 2.24) is 20.4 Å². The lowest BCUT2D eigenvalue weighted by molar-refractivity contribution is -0.143. The summed E-state index contributed by atoms with van der Waals surface area (Å²) in [6.45, 7) is 10.7. The molecule has 11 heteroatoms. The van der Waals surface area contributed by atoms with E-state index in [1.807, 2.05) is 20.8 Å². The molecule has 4 aliphatic rings. The minimum absolute atomic E-state index is 0.0205. The van der Waals surface area contributed by atoms with Crippen LogP contribution in [0, 0.1) is 17.8 Å². The summed E-state index contributed by atoms with van der Waals surface area (Å²) in [4.78, 5) is 45.3. The molecule has 4 heterocycles. The molecule has 0 radical (unpaired) electrons. The summed E-state index contributed by atoms with van der Waals surface area (Å²) >= 11 is 5.43. The zero-order valence-corrected chi connectivity index (χ0v) is 24.0. The van der Waals surface area contributed by atoms with Gasteiger partial charge >= 0.3 is 0 Å². The van der Waals surface area contributed by atoms with Crippen LogP contribution in [0.25, 0.3) is 0 Å². The van der Waals surface area contributed by atoms with E-state index in [9.17, 15) is 19.5 Å². The first kappa shape index (κ1) is 28.1. The zero-order valence-electron chi connectivity index (χ0n) is 21.6. The molecule has 0 aromatic rings. The molecule has 4 saturated heterocycles.